The molecule has 0 spiro atoms. The molecule has 2 rings (SSSR count). The summed E-state index contributed by atoms with van der Waals surface area (Å²) in [5.74, 6) is 2.44. The van der Waals surface area contributed by atoms with Crippen LogP contribution in [0.2, 0.25) is 0 Å². The third-order valence-electron chi connectivity index (χ3n) is 4.06. The number of nitrogens with zero attached hydrogens (tertiary/aromatic N) is 3. The van der Waals surface area contributed by atoms with Gasteiger partial charge in [-0.15, -0.1) is 0 Å². The maximum atomic E-state index is 4.62. The first kappa shape index (κ1) is 15.4. The van der Waals surface area contributed by atoms with Gasteiger partial charge in [0.15, 0.2) is 0 Å². The number of aryl methyl sites for hydroxylation is 1. The van der Waals surface area contributed by atoms with Crippen molar-refractivity contribution in [2.24, 2.45) is 11.8 Å². The zero-order valence-corrected chi connectivity index (χ0v) is 13.7. The smallest absolute Gasteiger partial charge is 0.203 e. The molecule has 2 heterocycles. The molecular weight excluding hydrogens is 248 g/mol. The summed E-state index contributed by atoms with van der Waals surface area (Å²) in [4.78, 5) is 7.18. The highest BCUT2D eigenvalue weighted by Crippen LogP contribution is 2.19. The Balaban J connectivity index is 1.88. The van der Waals surface area contributed by atoms with Crippen molar-refractivity contribution in [3.8, 4) is 0 Å². The van der Waals surface area contributed by atoms with E-state index < -0.39 is 0 Å². The zero-order valence-electron chi connectivity index (χ0n) is 13.7. The molecular formula is C16H30N4. The van der Waals surface area contributed by atoms with E-state index in [-0.39, 0.29) is 0 Å². The molecule has 0 saturated carbocycles. The zero-order chi connectivity index (χ0) is 14.7. The molecule has 0 aromatic carbocycles. The van der Waals surface area contributed by atoms with Gasteiger partial charge in [0.05, 0.1) is 5.69 Å². The van der Waals surface area contributed by atoms with Gasteiger partial charge in [-0.2, -0.15) is 0 Å². The van der Waals surface area contributed by atoms with E-state index in [9.17, 15) is 0 Å². The third kappa shape index (κ3) is 3.98. The predicted molar refractivity (Wildman–Crippen MR) is 85.1 cm³/mol. The first-order chi connectivity index (χ1) is 9.45. The van der Waals surface area contributed by atoms with Crippen molar-refractivity contribution in [2.45, 2.75) is 53.6 Å². The van der Waals surface area contributed by atoms with Gasteiger partial charge in [-0.25, -0.2) is 4.98 Å². The molecule has 0 amide bonds. The molecule has 1 N–H and O–H groups in total. The van der Waals surface area contributed by atoms with Crippen molar-refractivity contribution in [2.75, 3.05) is 25.0 Å². The summed E-state index contributed by atoms with van der Waals surface area (Å²) < 4.78 is 2.26. The highest BCUT2D eigenvalue weighted by Gasteiger charge is 2.24. The average molecular weight is 278 g/mol. The number of anilines is 1. The minimum absolute atomic E-state index is 0.645. The number of nitrogens with one attached hydrogen (secondary N) is 1. The van der Waals surface area contributed by atoms with Crippen molar-refractivity contribution in [3.05, 3.63) is 11.9 Å². The fourth-order valence-electron chi connectivity index (χ4n) is 2.95. The largest absolute Gasteiger partial charge is 0.355 e. The van der Waals surface area contributed by atoms with E-state index in [1.54, 1.807) is 0 Å². The Morgan fingerprint density at radius 3 is 2.70 bits per heavy atom. The maximum absolute atomic E-state index is 4.62. The Morgan fingerprint density at radius 2 is 2.10 bits per heavy atom. The standard InChI is InChI=1S/C16H30N4/c1-12(2)9-20-10-14(5)18-16(20)17-8-15-6-7-19(11-15)13(3)4/h10,12-13,15H,6-9,11H2,1-5H3,(H,17,18). The second-order valence-corrected chi connectivity index (χ2v) is 6.88. The van der Waals surface area contributed by atoms with Gasteiger partial charge in [0.1, 0.15) is 0 Å². The van der Waals surface area contributed by atoms with E-state index in [4.69, 9.17) is 0 Å². The lowest BCUT2D eigenvalue weighted by molar-refractivity contribution is 0.266. The first-order valence-corrected chi connectivity index (χ1v) is 7.97. The maximum Gasteiger partial charge on any atom is 0.203 e. The highest BCUT2D eigenvalue weighted by atomic mass is 15.2. The van der Waals surface area contributed by atoms with Gasteiger partial charge < -0.3 is 14.8 Å². The van der Waals surface area contributed by atoms with Gasteiger partial charge in [-0.1, -0.05) is 13.8 Å². The van der Waals surface area contributed by atoms with E-state index >= 15 is 0 Å². The summed E-state index contributed by atoms with van der Waals surface area (Å²) in [5.41, 5.74) is 1.10. The lowest BCUT2D eigenvalue weighted by atomic mass is 10.1. The number of aromatic nitrogens is 2. The van der Waals surface area contributed by atoms with Gasteiger partial charge >= 0.3 is 0 Å². The molecule has 1 saturated heterocycles. The minimum atomic E-state index is 0.645. The van der Waals surface area contributed by atoms with E-state index in [0.29, 0.717) is 12.0 Å². The van der Waals surface area contributed by atoms with Crippen LogP contribution in [0.3, 0.4) is 0 Å². The molecule has 1 atom stereocenters. The number of likely N-dealkylation sites (tertiary alicyclic amines) is 1. The van der Waals surface area contributed by atoms with Crippen LogP contribution in [0.25, 0.3) is 0 Å². The molecule has 1 fully saturated rings. The van der Waals surface area contributed by atoms with Gasteiger partial charge in [-0.05, 0) is 45.6 Å². The van der Waals surface area contributed by atoms with Crippen molar-refractivity contribution >= 4 is 5.95 Å². The van der Waals surface area contributed by atoms with Crippen LogP contribution in [-0.4, -0.2) is 40.1 Å². The summed E-state index contributed by atoms with van der Waals surface area (Å²) in [6.07, 6.45) is 3.45. The SMILES string of the molecule is Cc1cn(CC(C)C)c(NCC2CCN(C(C)C)C2)n1. The summed E-state index contributed by atoms with van der Waals surface area (Å²) in [5, 5.41) is 3.57. The van der Waals surface area contributed by atoms with Crippen LogP contribution in [0.1, 0.15) is 39.8 Å². The molecule has 1 unspecified atom stereocenters. The normalized spacial score (nSPS) is 20.2. The van der Waals surface area contributed by atoms with Crippen LogP contribution < -0.4 is 5.32 Å². The Kier molecular flexibility index (Phi) is 5.08. The lowest BCUT2D eigenvalue weighted by Gasteiger charge is -2.20. The molecule has 0 bridgehead atoms. The molecule has 1 aromatic rings. The molecule has 4 nitrogen and oxygen atoms in total. The molecule has 114 valence electrons. The summed E-state index contributed by atoms with van der Waals surface area (Å²) in [7, 11) is 0. The average Bonchev–Trinajstić information content (AvgIpc) is 2.93. The van der Waals surface area contributed by atoms with Gasteiger partial charge in [0.2, 0.25) is 5.95 Å². The van der Waals surface area contributed by atoms with E-state index in [1.165, 1.54) is 19.5 Å². The van der Waals surface area contributed by atoms with Gasteiger partial charge in [-0.3, -0.25) is 0 Å². The number of imidazole rings is 1. The lowest BCUT2D eigenvalue weighted by Crippen LogP contribution is -2.29. The van der Waals surface area contributed by atoms with Crippen LogP contribution in [0, 0.1) is 18.8 Å². The monoisotopic (exact) mass is 278 g/mol. The van der Waals surface area contributed by atoms with Gasteiger partial charge in [0.25, 0.3) is 0 Å². The summed E-state index contributed by atoms with van der Waals surface area (Å²) in [6.45, 7) is 15.7. The Bertz CT molecular complexity index is 422. The van der Waals surface area contributed by atoms with Crippen molar-refractivity contribution < 1.29 is 0 Å². The van der Waals surface area contributed by atoms with E-state index in [0.717, 1.165) is 30.6 Å². The van der Waals surface area contributed by atoms with Crippen LogP contribution >= 0.6 is 0 Å². The number of rotatable bonds is 6. The van der Waals surface area contributed by atoms with Crippen LogP contribution in [0.4, 0.5) is 5.95 Å². The van der Waals surface area contributed by atoms with E-state index in [1.807, 2.05) is 0 Å². The quantitative estimate of drug-likeness (QED) is 0.868. The predicted octanol–water partition coefficient (Wildman–Crippen LogP) is 2.99. The molecule has 1 aliphatic heterocycles. The minimum Gasteiger partial charge on any atom is -0.355 e. The van der Waals surface area contributed by atoms with E-state index in [2.05, 4.69) is 60.6 Å². The van der Waals surface area contributed by atoms with Crippen LogP contribution in [0.15, 0.2) is 6.20 Å². The number of hydrogen-bond donors (Lipinski definition) is 1. The first-order valence-electron chi connectivity index (χ1n) is 7.97. The topological polar surface area (TPSA) is 33.1 Å². The van der Waals surface area contributed by atoms with Crippen LogP contribution in [-0.2, 0) is 6.54 Å². The fraction of sp³-hybridized carbons (Fsp3) is 0.812. The Hall–Kier alpha value is -1.03. The van der Waals surface area contributed by atoms with Gasteiger partial charge in [0, 0.05) is 31.9 Å². The molecule has 0 radical (unpaired) electrons. The second kappa shape index (κ2) is 6.61. The Morgan fingerprint density at radius 1 is 1.35 bits per heavy atom. The number of hydrogen-bond acceptors (Lipinski definition) is 3. The van der Waals surface area contributed by atoms with Crippen molar-refractivity contribution in [1.29, 1.82) is 0 Å². The van der Waals surface area contributed by atoms with Crippen molar-refractivity contribution in [1.82, 2.24) is 14.5 Å². The molecule has 20 heavy (non-hydrogen) atoms. The molecule has 1 aliphatic rings. The fourth-order valence-corrected chi connectivity index (χ4v) is 2.95. The summed E-state index contributed by atoms with van der Waals surface area (Å²) in [6, 6.07) is 0.671. The highest BCUT2D eigenvalue weighted by molar-refractivity contribution is 5.29. The molecule has 1 aromatic heterocycles. The molecule has 0 aliphatic carbocycles. The van der Waals surface area contributed by atoms with Crippen molar-refractivity contribution in [3.63, 3.8) is 0 Å². The summed E-state index contributed by atoms with van der Waals surface area (Å²) >= 11 is 0. The Labute approximate surface area is 123 Å². The molecule has 4 heteroatoms. The second-order valence-electron chi connectivity index (χ2n) is 6.88. The third-order valence-corrected chi connectivity index (χ3v) is 4.06. The van der Waals surface area contributed by atoms with Crippen LogP contribution in [0.5, 0.6) is 0 Å².